The Kier molecular flexibility index (Phi) is 4.23. The molecule has 0 saturated heterocycles. The predicted octanol–water partition coefficient (Wildman–Crippen LogP) is 2.04. The molecule has 0 unspecified atom stereocenters. The van der Waals surface area contributed by atoms with Gasteiger partial charge in [-0.25, -0.2) is 0 Å². The van der Waals surface area contributed by atoms with Crippen LogP contribution < -0.4 is 0 Å². The van der Waals surface area contributed by atoms with E-state index in [4.69, 9.17) is 0 Å². The first-order valence-electron chi connectivity index (χ1n) is 2.89. The highest BCUT2D eigenvalue weighted by Gasteiger charge is 1.76. The van der Waals surface area contributed by atoms with Crippen molar-refractivity contribution in [1.29, 1.82) is 0 Å². The molecule has 0 amide bonds. The van der Waals surface area contributed by atoms with E-state index in [1.807, 2.05) is 12.3 Å². The summed E-state index contributed by atoms with van der Waals surface area (Å²) in [6.45, 7) is 4.23. The number of allylic oxidation sites excluding steroid dienone is 2. The second-order valence-corrected chi connectivity index (χ2v) is 1.77. The molecule has 0 aromatic rings. The van der Waals surface area contributed by atoms with Gasteiger partial charge in [0.25, 0.3) is 0 Å². The van der Waals surface area contributed by atoms with Crippen LogP contribution in [0, 0.1) is 0 Å². The van der Waals surface area contributed by atoms with Crippen LogP contribution in [-0.4, -0.2) is 13.3 Å². The third kappa shape index (κ3) is 3.59. The topological polar surface area (TPSA) is 12.4 Å². The van der Waals surface area contributed by atoms with Gasteiger partial charge in [0.1, 0.15) is 0 Å². The van der Waals surface area contributed by atoms with E-state index in [1.54, 1.807) is 7.05 Å². The average Bonchev–Trinajstić information content (AvgIpc) is 1.83. The van der Waals surface area contributed by atoms with Crippen molar-refractivity contribution in [2.24, 2.45) is 4.99 Å². The highest BCUT2D eigenvalue weighted by Crippen LogP contribution is 1.94. The molecule has 0 spiro atoms. The van der Waals surface area contributed by atoms with Crippen LogP contribution in [0.1, 0.15) is 20.3 Å². The van der Waals surface area contributed by atoms with Gasteiger partial charge in [0, 0.05) is 13.3 Å². The Labute approximate surface area is 51.1 Å². The van der Waals surface area contributed by atoms with Crippen LogP contribution in [0.5, 0.6) is 0 Å². The zero-order chi connectivity index (χ0) is 6.41. The van der Waals surface area contributed by atoms with Crippen LogP contribution >= 0.6 is 0 Å². The van der Waals surface area contributed by atoms with Gasteiger partial charge in [-0.3, -0.25) is 4.99 Å². The Bertz CT molecular complexity index is 101. The minimum Gasteiger partial charge on any atom is -0.297 e. The standard InChI is InChI=1S/C7H13N/c1-4-7(2)5-6-8-3/h5-6H,4H2,1-3H3/b7-5+,8-6?. The lowest BCUT2D eigenvalue weighted by atomic mass is 10.2. The first kappa shape index (κ1) is 7.41. The quantitative estimate of drug-likeness (QED) is 0.483. The maximum atomic E-state index is 3.82. The van der Waals surface area contributed by atoms with Crippen LogP contribution in [0.4, 0.5) is 0 Å². The molecule has 0 aliphatic carbocycles. The summed E-state index contributed by atoms with van der Waals surface area (Å²) in [5, 5.41) is 0. The number of nitrogens with zero attached hydrogens (tertiary/aromatic N) is 1. The molecule has 1 nitrogen and oxygen atoms in total. The molecular formula is C7H13N. The van der Waals surface area contributed by atoms with Crippen molar-refractivity contribution < 1.29 is 0 Å². The summed E-state index contributed by atoms with van der Waals surface area (Å²) in [4.78, 5) is 3.82. The van der Waals surface area contributed by atoms with Gasteiger partial charge in [-0.05, 0) is 19.4 Å². The summed E-state index contributed by atoms with van der Waals surface area (Å²) < 4.78 is 0. The molecule has 0 bridgehead atoms. The summed E-state index contributed by atoms with van der Waals surface area (Å²) in [6.07, 6.45) is 4.96. The zero-order valence-corrected chi connectivity index (χ0v) is 5.81. The third-order valence-corrected chi connectivity index (χ3v) is 1.07. The van der Waals surface area contributed by atoms with E-state index < -0.39 is 0 Å². The molecule has 0 heterocycles. The first-order valence-corrected chi connectivity index (χ1v) is 2.89. The van der Waals surface area contributed by atoms with E-state index in [0.717, 1.165) is 6.42 Å². The van der Waals surface area contributed by atoms with Gasteiger partial charge in [-0.1, -0.05) is 12.5 Å². The number of hydrogen-bond acceptors (Lipinski definition) is 1. The zero-order valence-electron chi connectivity index (χ0n) is 5.81. The minimum absolute atomic E-state index is 1.12. The second-order valence-electron chi connectivity index (χ2n) is 1.77. The number of hydrogen-bond donors (Lipinski definition) is 0. The Morgan fingerprint density at radius 3 is 2.62 bits per heavy atom. The maximum Gasteiger partial charge on any atom is 0.0277 e. The van der Waals surface area contributed by atoms with Crippen molar-refractivity contribution in [3.63, 3.8) is 0 Å². The smallest absolute Gasteiger partial charge is 0.0277 e. The maximum absolute atomic E-state index is 3.82. The van der Waals surface area contributed by atoms with Crippen molar-refractivity contribution in [2.75, 3.05) is 7.05 Å². The molecule has 0 saturated carbocycles. The average molecular weight is 111 g/mol. The largest absolute Gasteiger partial charge is 0.297 e. The van der Waals surface area contributed by atoms with Gasteiger partial charge in [0.15, 0.2) is 0 Å². The molecular weight excluding hydrogens is 98.1 g/mol. The Hall–Kier alpha value is -0.590. The van der Waals surface area contributed by atoms with E-state index in [0.29, 0.717) is 0 Å². The monoisotopic (exact) mass is 111 g/mol. The minimum atomic E-state index is 1.12. The Morgan fingerprint density at radius 2 is 2.25 bits per heavy atom. The molecule has 1 heteroatoms. The van der Waals surface area contributed by atoms with Crippen LogP contribution in [0.2, 0.25) is 0 Å². The highest BCUT2D eigenvalue weighted by molar-refractivity contribution is 5.71. The Morgan fingerprint density at radius 1 is 1.62 bits per heavy atom. The summed E-state index contributed by atoms with van der Waals surface area (Å²) in [5.74, 6) is 0. The third-order valence-electron chi connectivity index (χ3n) is 1.07. The van der Waals surface area contributed by atoms with Crippen molar-refractivity contribution >= 4 is 6.21 Å². The summed E-state index contributed by atoms with van der Waals surface area (Å²) in [6, 6.07) is 0. The fourth-order valence-corrected chi connectivity index (χ4v) is 0.320. The molecule has 0 N–H and O–H groups in total. The van der Waals surface area contributed by atoms with Gasteiger partial charge in [0.2, 0.25) is 0 Å². The van der Waals surface area contributed by atoms with Gasteiger partial charge < -0.3 is 0 Å². The lowest BCUT2D eigenvalue weighted by molar-refractivity contribution is 1.10. The molecule has 46 valence electrons. The lowest BCUT2D eigenvalue weighted by Gasteiger charge is -1.86. The molecule has 0 aromatic carbocycles. The van der Waals surface area contributed by atoms with Crippen molar-refractivity contribution in [3.05, 3.63) is 11.6 Å². The number of aliphatic imine (C=N–C) groups is 1. The van der Waals surface area contributed by atoms with Crippen LogP contribution in [0.15, 0.2) is 16.6 Å². The fourth-order valence-electron chi connectivity index (χ4n) is 0.320. The molecule has 0 aliphatic heterocycles. The van der Waals surface area contributed by atoms with Crippen molar-refractivity contribution in [2.45, 2.75) is 20.3 Å². The van der Waals surface area contributed by atoms with Crippen LogP contribution in [-0.2, 0) is 0 Å². The SMILES string of the molecule is CC/C(C)=C/C=NC. The fraction of sp³-hybridized carbons (Fsp3) is 0.571. The van der Waals surface area contributed by atoms with E-state index in [1.165, 1.54) is 5.57 Å². The van der Waals surface area contributed by atoms with Gasteiger partial charge >= 0.3 is 0 Å². The van der Waals surface area contributed by atoms with E-state index in [9.17, 15) is 0 Å². The van der Waals surface area contributed by atoms with Crippen molar-refractivity contribution in [3.8, 4) is 0 Å². The highest BCUT2D eigenvalue weighted by atomic mass is 14.6. The Balaban J connectivity index is 3.57. The summed E-state index contributed by atoms with van der Waals surface area (Å²) in [7, 11) is 1.78. The molecule has 0 aromatic heterocycles. The molecule has 0 rings (SSSR count). The second kappa shape index (κ2) is 4.57. The van der Waals surface area contributed by atoms with Crippen LogP contribution in [0.3, 0.4) is 0 Å². The molecule has 0 radical (unpaired) electrons. The van der Waals surface area contributed by atoms with Gasteiger partial charge in [-0.2, -0.15) is 0 Å². The summed E-state index contributed by atoms with van der Waals surface area (Å²) in [5.41, 5.74) is 1.37. The van der Waals surface area contributed by atoms with Gasteiger partial charge in [0.05, 0.1) is 0 Å². The van der Waals surface area contributed by atoms with E-state index >= 15 is 0 Å². The first-order chi connectivity index (χ1) is 3.81. The molecule has 0 atom stereocenters. The lowest BCUT2D eigenvalue weighted by Crippen LogP contribution is -1.71. The molecule has 0 fully saturated rings. The van der Waals surface area contributed by atoms with E-state index in [2.05, 4.69) is 18.8 Å². The number of rotatable bonds is 2. The normalized spacial score (nSPS) is 13.1. The molecule has 0 aliphatic rings. The van der Waals surface area contributed by atoms with E-state index in [-0.39, 0.29) is 0 Å². The summed E-state index contributed by atoms with van der Waals surface area (Å²) >= 11 is 0. The van der Waals surface area contributed by atoms with Gasteiger partial charge in [-0.15, -0.1) is 0 Å². The molecule has 8 heavy (non-hydrogen) atoms. The van der Waals surface area contributed by atoms with Crippen molar-refractivity contribution in [1.82, 2.24) is 0 Å². The predicted molar refractivity (Wildman–Crippen MR) is 38.5 cm³/mol. The van der Waals surface area contributed by atoms with Crippen LogP contribution in [0.25, 0.3) is 0 Å².